The summed E-state index contributed by atoms with van der Waals surface area (Å²) in [5, 5.41) is 7.91. The predicted octanol–water partition coefficient (Wildman–Crippen LogP) is 0.713. The summed E-state index contributed by atoms with van der Waals surface area (Å²) in [5.41, 5.74) is 0. The zero-order valence-electron chi connectivity index (χ0n) is 8.06. The van der Waals surface area contributed by atoms with Crippen molar-refractivity contribution >= 4 is 21.8 Å². The molecule has 1 aliphatic rings. The highest BCUT2D eigenvalue weighted by atomic mass is 32.2. The van der Waals surface area contributed by atoms with Crippen LogP contribution in [0.2, 0.25) is 0 Å². The van der Waals surface area contributed by atoms with Gasteiger partial charge in [-0.1, -0.05) is 0 Å². The summed E-state index contributed by atoms with van der Waals surface area (Å²) < 4.78 is 25.2. The molecular weight excluding hydrogens is 220 g/mol. The smallest absolute Gasteiger partial charge is 0.213 e. The Bertz CT molecular complexity index is 315. The number of nitriles is 1. The average molecular weight is 234 g/mol. The third-order valence-corrected chi connectivity index (χ3v) is 5.19. The minimum Gasteiger partial charge on any atom is -0.213 e. The Morgan fingerprint density at radius 2 is 2.43 bits per heavy atom. The molecule has 0 bridgehead atoms. The molecule has 0 aromatic carbocycles. The molecule has 1 fully saturated rings. The van der Waals surface area contributed by atoms with E-state index in [9.17, 15) is 8.42 Å². The molecule has 1 rings (SSSR count). The largest absolute Gasteiger partial charge is 0.227 e. The predicted molar refractivity (Wildman–Crippen MR) is 57.5 cm³/mol. The SMILES string of the molecule is CC(C#N)S(=O)(=O)NCC1CCCS1. The van der Waals surface area contributed by atoms with Crippen LogP contribution in [-0.2, 0) is 10.0 Å². The standard InChI is InChI=1S/C8H14N2O2S2/c1-7(5-9)14(11,12)10-6-8-3-2-4-13-8/h7-8,10H,2-4,6H2,1H3. The number of thioether (sulfide) groups is 1. The summed E-state index contributed by atoms with van der Waals surface area (Å²) in [7, 11) is -3.42. The maximum atomic E-state index is 11.4. The van der Waals surface area contributed by atoms with E-state index in [0.29, 0.717) is 11.8 Å². The first kappa shape index (κ1) is 11.8. The van der Waals surface area contributed by atoms with Crippen molar-refractivity contribution in [1.29, 1.82) is 5.26 Å². The number of nitrogens with one attached hydrogen (secondary N) is 1. The molecule has 0 aromatic heterocycles. The summed E-state index contributed by atoms with van der Waals surface area (Å²) in [4.78, 5) is 0. The van der Waals surface area contributed by atoms with Crippen molar-refractivity contribution < 1.29 is 8.42 Å². The van der Waals surface area contributed by atoms with Crippen LogP contribution in [0, 0.1) is 11.3 Å². The summed E-state index contributed by atoms with van der Waals surface area (Å²) in [6.45, 7) is 1.85. The highest BCUT2D eigenvalue weighted by molar-refractivity contribution is 8.00. The van der Waals surface area contributed by atoms with Crippen LogP contribution in [0.1, 0.15) is 19.8 Å². The van der Waals surface area contributed by atoms with Crippen molar-refractivity contribution in [3.05, 3.63) is 0 Å². The summed E-state index contributed by atoms with van der Waals surface area (Å²) in [6, 6.07) is 1.72. The Hall–Kier alpha value is -0.250. The Kier molecular flexibility index (Phi) is 4.23. The van der Waals surface area contributed by atoms with Crippen LogP contribution in [0.25, 0.3) is 0 Å². The van der Waals surface area contributed by atoms with Gasteiger partial charge in [-0.2, -0.15) is 17.0 Å². The molecule has 2 unspecified atom stereocenters. The summed E-state index contributed by atoms with van der Waals surface area (Å²) >= 11 is 1.79. The van der Waals surface area contributed by atoms with Crippen molar-refractivity contribution in [1.82, 2.24) is 4.72 Å². The maximum absolute atomic E-state index is 11.4. The molecule has 1 saturated heterocycles. The zero-order valence-corrected chi connectivity index (χ0v) is 9.70. The minimum absolute atomic E-state index is 0.385. The second-order valence-electron chi connectivity index (χ2n) is 3.30. The first-order chi connectivity index (χ1) is 6.56. The Labute approximate surface area is 89.1 Å². The van der Waals surface area contributed by atoms with Gasteiger partial charge < -0.3 is 0 Å². The Morgan fingerprint density at radius 3 is 2.93 bits per heavy atom. The van der Waals surface area contributed by atoms with Crippen molar-refractivity contribution in [3.63, 3.8) is 0 Å². The van der Waals surface area contributed by atoms with E-state index >= 15 is 0 Å². The van der Waals surface area contributed by atoms with Crippen molar-refractivity contribution in [2.45, 2.75) is 30.3 Å². The first-order valence-electron chi connectivity index (χ1n) is 4.56. The van der Waals surface area contributed by atoms with Crippen LogP contribution >= 0.6 is 11.8 Å². The van der Waals surface area contributed by atoms with Crippen LogP contribution in [0.15, 0.2) is 0 Å². The summed E-state index contributed by atoms with van der Waals surface area (Å²) in [5.74, 6) is 1.11. The normalized spacial score (nSPS) is 24.4. The lowest BCUT2D eigenvalue weighted by atomic mass is 10.2. The molecule has 0 saturated carbocycles. The van der Waals surface area contributed by atoms with Gasteiger partial charge in [0, 0.05) is 11.8 Å². The van der Waals surface area contributed by atoms with E-state index in [0.717, 1.165) is 18.6 Å². The van der Waals surface area contributed by atoms with Gasteiger partial charge in [-0.15, -0.1) is 0 Å². The van der Waals surface area contributed by atoms with Gasteiger partial charge in [0.2, 0.25) is 10.0 Å². The lowest BCUT2D eigenvalue weighted by Crippen LogP contribution is -2.35. The number of hydrogen-bond acceptors (Lipinski definition) is 4. The van der Waals surface area contributed by atoms with Crippen LogP contribution in [-0.4, -0.2) is 31.2 Å². The third-order valence-electron chi connectivity index (χ3n) is 2.18. The van der Waals surface area contributed by atoms with Gasteiger partial charge in [-0.25, -0.2) is 13.1 Å². The van der Waals surface area contributed by atoms with E-state index in [1.165, 1.54) is 6.92 Å². The number of hydrogen-bond donors (Lipinski definition) is 1. The molecule has 2 atom stereocenters. The Morgan fingerprint density at radius 1 is 1.71 bits per heavy atom. The van der Waals surface area contributed by atoms with Gasteiger partial charge in [-0.05, 0) is 25.5 Å². The molecule has 14 heavy (non-hydrogen) atoms. The van der Waals surface area contributed by atoms with Crippen molar-refractivity contribution in [2.75, 3.05) is 12.3 Å². The zero-order chi connectivity index (χ0) is 10.6. The minimum atomic E-state index is -3.42. The fourth-order valence-electron chi connectivity index (χ4n) is 1.21. The molecule has 80 valence electrons. The number of sulfonamides is 1. The van der Waals surface area contributed by atoms with Crippen LogP contribution in [0.5, 0.6) is 0 Å². The van der Waals surface area contributed by atoms with Gasteiger partial charge in [0.05, 0.1) is 6.07 Å². The monoisotopic (exact) mass is 234 g/mol. The van der Waals surface area contributed by atoms with Crippen LogP contribution in [0.3, 0.4) is 0 Å². The first-order valence-corrected chi connectivity index (χ1v) is 7.15. The molecule has 1 aliphatic heterocycles. The molecule has 1 N–H and O–H groups in total. The molecule has 0 radical (unpaired) electrons. The topological polar surface area (TPSA) is 70.0 Å². The van der Waals surface area contributed by atoms with Gasteiger partial charge in [-0.3, -0.25) is 0 Å². The van der Waals surface area contributed by atoms with E-state index in [1.54, 1.807) is 17.8 Å². The van der Waals surface area contributed by atoms with E-state index in [2.05, 4.69) is 4.72 Å². The van der Waals surface area contributed by atoms with Crippen molar-refractivity contribution in [2.24, 2.45) is 0 Å². The molecule has 1 heterocycles. The average Bonchev–Trinajstić information content (AvgIpc) is 2.66. The molecule has 0 aliphatic carbocycles. The quantitative estimate of drug-likeness (QED) is 0.778. The van der Waals surface area contributed by atoms with Crippen LogP contribution in [0.4, 0.5) is 0 Å². The molecule has 6 heteroatoms. The fraction of sp³-hybridized carbons (Fsp3) is 0.875. The summed E-state index contributed by atoms with van der Waals surface area (Å²) in [6.07, 6.45) is 2.22. The van der Waals surface area contributed by atoms with E-state index in [1.807, 2.05) is 0 Å². The van der Waals surface area contributed by atoms with Gasteiger partial charge in [0.15, 0.2) is 5.25 Å². The van der Waals surface area contributed by atoms with E-state index in [4.69, 9.17) is 5.26 Å². The lowest BCUT2D eigenvalue weighted by molar-refractivity contribution is 0.574. The third kappa shape index (κ3) is 3.15. The second-order valence-corrected chi connectivity index (χ2v) is 6.79. The van der Waals surface area contributed by atoms with Gasteiger partial charge in [0.1, 0.15) is 0 Å². The maximum Gasteiger partial charge on any atom is 0.227 e. The highest BCUT2D eigenvalue weighted by Gasteiger charge is 2.22. The fourth-order valence-corrected chi connectivity index (χ4v) is 3.34. The van der Waals surface area contributed by atoms with Crippen LogP contribution < -0.4 is 4.72 Å². The molecular formula is C8H14N2O2S2. The van der Waals surface area contributed by atoms with Gasteiger partial charge >= 0.3 is 0 Å². The lowest BCUT2D eigenvalue weighted by Gasteiger charge is -2.11. The van der Waals surface area contributed by atoms with E-state index in [-0.39, 0.29) is 0 Å². The second kappa shape index (κ2) is 5.01. The molecule has 0 amide bonds. The molecule has 0 aromatic rings. The molecule has 0 spiro atoms. The Balaban J connectivity index is 2.40. The highest BCUT2D eigenvalue weighted by Crippen LogP contribution is 2.25. The number of nitrogens with zero attached hydrogens (tertiary/aromatic N) is 1. The molecule has 4 nitrogen and oxygen atoms in total. The number of rotatable bonds is 4. The van der Waals surface area contributed by atoms with Gasteiger partial charge in [0.25, 0.3) is 0 Å². The van der Waals surface area contributed by atoms with E-state index < -0.39 is 15.3 Å². The van der Waals surface area contributed by atoms with Crippen molar-refractivity contribution in [3.8, 4) is 6.07 Å².